The van der Waals surface area contributed by atoms with Gasteiger partial charge in [-0.3, -0.25) is 0 Å². The first-order valence-electron chi connectivity index (χ1n) is 8.05. The first kappa shape index (κ1) is 17.9. The van der Waals surface area contributed by atoms with E-state index in [-0.39, 0.29) is 5.75 Å². The molecule has 0 aliphatic heterocycles. The van der Waals surface area contributed by atoms with E-state index in [2.05, 4.69) is 10.5 Å². The fourth-order valence-electron chi connectivity index (χ4n) is 2.58. The van der Waals surface area contributed by atoms with Crippen LogP contribution in [0.2, 0.25) is 0 Å². The molecule has 27 heavy (non-hydrogen) atoms. The number of esters is 1. The summed E-state index contributed by atoms with van der Waals surface area (Å²) in [6, 6.07) is 17.1. The normalized spacial score (nSPS) is 10.7. The molecule has 0 radical (unpaired) electrons. The molecule has 7 nitrogen and oxygen atoms in total. The topological polar surface area (TPSA) is 103 Å². The van der Waals surface area contributed by atoms with Gasteiger partial charge in [-0.15, -0.1) is 0 Å². The number of carbonyl (C=O) groups excluding carboxylic acids is 2. The Morgan fingerprint density at radius 3 is 2.59 bits per heavy atom. The standard InChI is InChI=1S/C20H17N3O4/c1-26-17-10-9-13(12-22-23-20(21)25)11-18(17)27-19(24)16-8-4-6-14-5-2-3-7-15(14)16/h2-12H,1H3,(H3,21,23,25)/b22-12+. The number of rotatable bonds is 5. The summed E-state index contributed by atoms with van der Waals surface area (Å²) in [5.74, 6) is 0.122. The fraction of sp³-hybridized carbons (Fsp3) is 0.0500. The van der Waals surface area contributed by atoms with Crippen LogP contribution >= 0.6 is 0 Å². The number of nitrogens with zero attached hydrogens (tertiary/aromatic N) is 1. The Kier molecular flexibility index (Phi) is 5.32. The van der Waals surface area contributed by atoms with Gasteiger partial charge >= 0.3 is 12.0 Å². The van der Waals surface area contributed by atoms with Crippen molar-refractivity contribution in [2.75, 3.05) is 7.11 Å². The number of nitrogens with one attached hydrogen (secondary N) is 1. The van der Waals surface area contributed by atoms with Crippen molar-refractivity contribution in [2.45, 2.75) is 0 Å². The lowest BCUT2D eigenvalue weighted by Gasteiger charge is -2.11. The van der Waals surface area contributed by atoms with Crippen molar-refractivity contribution in [1.29, 1.82) is 0 Å². The van der Waals surface area contributed by atoms with Crippen molar-refractivity contribution in [1.82, 2.24) is 5.43 Å². The predicted octanol–water partition coefficient (Wildman–Crippen LogP) is 3.07. The molecule has 0 aliphatic rings. The molecule has 0 saturated heterocycles. The SMILES string of the molecule is COc1ccc(/C=N/NC(N)=O)cc1OC(=O)c1cccc2ccccc12. The average Bonchev–Trinajstić information content (AvgIpc) is 2.67. The van der Waals surface area contributed by atoms with Crippen LogP contribution in [0.15, 0.2) is 65.8 Å². The molecule has 0 spiro atoms. The van der Waals surface area contributed by atoms with Crippen molar-refractivity contribution in [3.63, 3.8) is 0 Å². The Hall–Kier alpha value is -3.87. The largest absolute Gasteiger partial charge is 0.493 e. The van der Waals surface area contributed by atoms with Crippen LogP contribution in [0.4, 0.5) is 4.79 Å². The third kappa shape index (κ3) is 4.21. The smallest absolute Gasteiger partial charge is 0.344 e. The van der Waals surface area contributed by atoms with Gasteiger partial charge in [0.15, 0.2) is 11.5 Å². The Balaban J connectivity index is 1.90. The Labute approximate surface area is 155 Å². The van der Waals surface area contributed by atoms with E-state index in [9.17, 15) is 9.59 Å². The first-order valence-corrected chi connectivity index (χ1v) is 8.05. The van der Waals surface area contributed by atoms with Crippen LogP contribution in [0, 0.1) is 0 Å². The van der Waals surface area contributed by atoms with Gasteiger partial charge in [-0.1, -0.05) is 36.4 Å². The molecule has 3 rings (SSSR count). The summed E-state index contributed by atoms with van der Waals surface area (Å²) in [5.41, 5.74) is 8.09. The lowest BCUT2D eigenvalue weighted by molar-refractivity contribution is 0.0732. The van der Waals surface area contributed by atoms with Gasteiger partial charge in [-0.2, -0.15) is 5.10 Å². The zero-order valence-corrected chi connectivity index (χ0v) is 14.5. The molecule has 0 unspecified atom stereocenters. The zero-order valence-electron chi connectivity index (χ0n) is 14.5. The van der Waals surface area contributed by atoms with Crippen LogP contribution in [0.5, 0.6) is 11.5 Å². The fourth-order valence-corrected chi connectivity index (χ4v) is 2.58. The molecular weight excluding hydrogens is 346 g/mol. The molecule has 0 bridgehead atoms. The molecular formula is C20H17N3O4. The highest BCUT2D eigenvalue weighted by Gasteiger charge is 2.15. The lowest BCUT2D eigenvalue weighted by Crippen LogP contribution is -2.24. The molecule has 2 amide bonds. The Bertz CT molecular complexity index is 1030. The van der Waals surface area contributed by atoms with Crippen LogP contribution < -0.4 is 20.6 Å². The number of benzene rings is 3. The van der Waals surface area contributed by atoms with E-state index in [1.807, 2.05) is 30.3 Å². The van der Waals surface area contributed by atoms with E-state index in [0.717, 1.165) is 10.8 Å². The molecule has 3 aromatic rings. The Morgan fingerprint density at radius 2 is 1.81 bits per heavy atom. The minimum absolute atomic E-state index is 0.235. The van der Waals surface area contributed by atoms with E-state index in [4.69, 9.17) is 15.2 Å². The lowest BCUT2D eigenvalue weighted by atomic mass is 10.0. The molecule has 136 valence electrons. The van der Waals surface area contributed by atoms with E-state index >= 15 is 0 Å². The highest BCUT2D eigenvalue weighted by molar-refractivity contribution is 6.05. The van der Waals surface area contributed by atoms with E-state index in [1.54, 1.807) is 30.3 Å². The second-order valence-corrected chi connectivity index (χ2v) is 5.56. The second-order valence-electron chi connectivity index (χ2n) is 5.56. The Morgan fingerprint density at radius 1 is 1.04 bits per heavy atom. The van der Waals surface area contributed by atoms with Gasteiger partial charge < -0.3 is 15.2 Å². The highest BCUT2D eigenvalue weighted by Crippen LogP contribution is 2.29. The number of urea groups is 1. The van der Waals surface area contributed by atoms with Crippen molar-refractivity contribution >= 4 is 29.0 Å². The van der Waals surface area contributed by atoms with Crippen molar-refractivity contribution in [3.8, 4) is 11.5 Å². The molecule has 0 aliphatic carbocycles. The zero-order chi connectivity index (χ0) is 19.2. The van der Waals surface area contributed by atoms with Gasteiger partial charge in [-0.25, -0.2) is 15.0 Å². The maximum atomic E-state index is 12.7. The summed E-state index contributed by atoms with van der Waals surface area (Å²) >= 11 is 0. The quantitative estimate of drug-likeness (QED) is 0.315. The minimum Gasteiger partial charge on any atom is -0.493 e. The number of hydrogen-bond acceptors (Lipinski definition) is 5. The summed E-state index contributed by atoms with van der Waals surface area (Å²) in [7, 11) is 1.48. The summed E-state index contributed by atoms with van der Waals surface area (Å²) < 4.78 is 10.8. The number of nitrogens with two attached hydrogens (primary N) is 1. The molecule has 0 heterocycles. The summed E-state index contributed by atoms with van der Waals surface area (Å²) in [6.07, 6.45) is 1.37. The highest BCUT2D eigenvalue weighted by atomic mass is 16.6. The van der Waals surface area contributed by atoms with E-state index in [0.29, 0.717) is 16.9 Å². The van der Waals surface area contributed by atoms with Crippen LogP contribution in [0.3, 0.4) is 0 Å². The molecule has 0 aromatic heterocycles. The van der Waals surface area contributed by atoms with Gasteiger partial charge in [0.2, 0.25) is 0 Å². The molecule has 0 atom stereocenters. The van der Waals surface area contributed by atoms with Gasteiger partial charge in [-0.05, 0) is 40.6 Å². The van der Waals surface area contributed by atoms with Crippen LogP contribution in [-0.2, 0) is 0 Å². The minimum atomic E-state index is -0.776. The number of carbonyl (C=O) groups is 2. The summed E-state index contributed by atoms with van der Waals surface area (Å²) in [5, 5.41) is 5.43. The number of hydrogen-bond donors (Lipinski definition) is 2. The summed E-state index contributed by atoms with van der Waals surface area (Å²) in [6.45, 7) is 0. The second kappa shape index (κ2) is 8.01. The molecule has 0 saturated carbocycles. The van der Waals surface area contributed by atoms with Crippen molar-refractivity contribution < 1.29 is 19.1 Å². The van der Waals surface area contributed by atoms with Crippen LogP contribution in [0.1, 0.15) is 15.9 Å². The van der Waals surface area contributed by atoms with Gasteiger partial charge in [0.05, 0.1) is 18.9 Å². The van der Waals surface area contributed by atoms with Crippen molar-refractivity contribution in [2.24, 2.45) is 10.8 Å². The van der Waals surface area contributed by atoms with E-state index in [1.165, 1.54) is 13.3 Å². The van der Waals surface area contributed by atoms with E-state index < -0.39 is 12.0 Å². The third-order valence-corrected chi connectivity index (χ3v) is 3.79. The number of ether oxygens (including phenoxy) is 2. The first-order chi connectivity index (χ1) is 13.1. The maximum absolute atomic E-state index is 12.7. The van der Waals surface area contributed by atoms with Gasteiger partial charge in [0, 0.05) is 0 Å². The monoisotopic (exact) mass is 363 g/mol. The molecule has 3 aromatic carbocycles. The van der Waals surface area contributed by atoms with Crippen LogP contribution in [0.25, 0.3) is 10.8 Å². The molecule has 3 N–H and O–H groups in total. The number of primary amides is 1. The van der Waals surface area contributed by atoms with Gasteiger partial charge in [0.25, 0.3) is 0 Å². The average molecular weight is 363 g/mol. The molecule has 0 fully saturated rings. The summed E-state index contributed by atoms with van der Waals surface area (Å²) in [4.78, 5) is 23.4. The number of amides is 2. The third-order valence-electron chi connectivity index (χ3n) is 3.79. The maximum Gasteiger partial charge on any atom is 0.344 e. The number of hydrazone groups is 1. The number of methoxy groups -OCH3 is 1. The van der Waals surface area contributed by atoms with Gasteiger partial charge in [0.1, 0.15) is 0 Å². The predicted molar refractivity (Wildman–Crippen MR) is 102 cm³/mol. The number of fused-ring (bicyclic) bond motifs is 1. The van der Waals surface area contributed by atoms with Crippen molar-refractivity contribution in [3.05, 3.63) is 71.8 Å². The van der Waals surface area contributed by atoms with Crippen LogP contribution in [-0.4, -0.2) is 25.3 Å². The molecule has 7 heteroatoms.